The molecule has 0 aliphatic carbocycles. The zero-order chi connectivity index (χ0) is 22.2. The van der Waals surface area contributed by atoms with Gasteiger partial charge in [0.05, 0.1) is 12.2 Å². The van der Waals surface area contributed by atoms with Crippen molar-refractivity contribution in [1.82, 2.24) is 20.1 Å². The fraction of sp³-hybridized carbons (Fsp3) is 0.381. The Labute approximate surface area is 177 Å². The summed E-state index contributed by atoms with van der Waals surface area (Å²) in [6, 6.07) is 11.0. The molecule has 4 rings (SSSR count). The van der Waals surface area contributed by atoms with E-state index in [4.69, 9.17) is 0 Å². The molecule has 7 nitrogen and oxygen atoms in total. The lowest BCUT2D eigenvalue weighted by Crippen LogP contribution is -2.51. The van der Waals surface area contributed by atoms with Crippen LogP contribution in [0.2, 0.25) is 0 Å². The molecule has 1 N–H and O–H groups in total. The van der Waals surface area contributed by atoms with Crippen LogP contribution in [0.25, 0.3) is 0 Å². The van der Waals surface area contributed by atoms with Crippen molar-refractivity contribution >= 4 is 17.8 Å². The SMILES string of the molecule is C[C@@]1(c2ccccc2)NC(=O)N(CN2CCN(c3ccc(C(F)(F)F)cn3)CC2)C1=O. The molecule has 0 unspecified atom stereocenters. The molecule has 3 amide bonds. The van der Waals surface area contributed by atoms with E-state index in [1.165, 1.54) is 11.0 Å². The molecule has 0 spiro atoms. The highest BCUT2D eigenvalue weighted by atomic mass is 19.4. The van der Waals surface area contributed by atoms with E-state index in [0.717, 1.165) is 12.3 Å². The molecule has 2 aliphatic heterocycles. The smallest absolute Gasteiger partial charge is 0.354 e. The highest BCUT2D eigenvalue weighted by Crippen LogP contribution is 2.30. The van der Waals surface area contributed by atoms with Crippen molar-refractivity contribution in [2.24, 2.45) is 0 Å². The highest BCUT2D eigenvalue weighted by molar-refractivity contribution is 6.07. The number of benzene rings is 1. The first kappa shape index (κ1) is 21.1. The Morgan fingerprint density at radius 1 is 1.03 bits per heavy atom. The van der Waals surface area contributed by atoms with Gasteiger partial charge < -0.3 is 10.2 Å². The van der Waals surface area contributed by atoms with Crippen LogP contribution in [0.3, 0.4) is 0 Å². The summed E-state index contributed by atoms with van der Waals surface area (Å²) in [7, 11) is 0. The Morgan fingerprint density at radius 2 is 1.71 bits per heavy atom. The number of anilines is 1. The fourth-order valence-electron chi connectivity index (χ4n) is 3.85. The third kappa shape index (κ3) is 4.07. The predicted molar refractivity (Wildman–Crippen MR) is 107 cm³/mol. The lowest BCUT2D eigenvalue weighted by molar-refractivity contribution is -0.137. The number of carbonyl (C=O) groups excluding carboxylic acids is 2. The molecule has 1 atom stereocenters. The van der Waals surface area contributed by atoms with E-state index in [9.17, 15) is 22.8 Å². The maximum atomic E-state index is 13.0. The van der Waals surface area contributed by atoms with Gasteiger partial charge in [-0.15, -0.1) is 0 Å². The average Bonchev–Trinajstić information content (AvgIpc) is 2.98. The first-order valence-electron chi connectivity index (χ1n) is 9.89. The Bertz CT molecular complexity index is 959. The first-order valence-corrected chi connectivity index (χ1v) is 9.89. The number of aromatic nitrogens is 1. The van der Waals surface area contributed by atoms with Gasteiger partial charge in [0.2, 0.25) is 0 Å². The standard InChI is InChI=1S/C21H22F3N5O2/c1-20(15-5-3-2-4-6-15)18(30)29(19(31)26-20)14-27-9-11-28(12-10-27)17-8-7-16(13-25-17)21(22,23)24/h2-8,13H,9-12,14H2,1H3,(H,26,31)/t20-/m0/s1. The third-order valence-corrected chi connectivity index (χ3v) is 5.74. The molecule has 0 radical (unpaired) electrons. The van der Waals surface area contributed by atoms with Crippen LogP contribution in [0.15, 0.2) is 48.7 Å². The molecule has 2 aromatic rings. The summed E-state index contributed by atoms with van der Waals surface area (Å²) in [5.41, 5.74) is -1.17. The van der Waals surface area contributed by atoms with E-state index in [2.05, 4.69) is 10.3 Å². The van der Waals surface area contributed by atoms with E-state index in [1.54, 1.807) is 19.1 Å². The van der Waals surface area contributed by atoms with Gasteiger partial charge in [-0.3, -0.25) is 9.69 Å². The zero-order valence-electron chi connectivity index (χ0n) is 16.9. The zero-order valence-corrected chi connectivity index (χ0v) is 16.9. The molecule has 2 aliphatic rings. The van der Waals surface area contributed by atoms with Crippen molar-refractivity contribution in [3.63, 3.8) is 0 Å². The number of piperazine rings is 1. The highest BCUT2D eigenvalue weighted by Gasteiger charge is 2.49. The minimum Gasteiger partial charge on any atom is -0.354 e. The van der Waals surface area contributed by atoms with E-state index in [0.29, 0.717) is 37.6 Å². The lowest BCUT2D eigenvalue weighted by Gasteiger charge is -2.36. The molecule has 2 fully saturated rings. The number of hydrogen-bond acceptors (Lipinski definition) is 5. The van der Waals surface area contributed by atoms with Gasteiger partial charge in [0.15, 0.2) is 0 Å². The van der Waals surface area contributed by atoms with Gasteiger partial charge in [-0.25, -0.2) is 14.7 Å². The molecule has 1 aromatic carbocycles. The van der Waals surface area contributed by atoms with Crippen molar-refractivity contribution in [2.75, 3.05) is 37.7 Å². The summed E-state index contributed by atoms with van der Waals surface area (Å²) in [6.45, 7) is 3.98. The maximum Gasteiger partial charge on any atom is 0.417 e. The normalized spacial score (nSPS) is 22.7. The van der Waals surface area contributed by atoms with Crippen LogP contribution < -0.4 is 10.2 Å². The Morgan fingerprint density at radius 3 is 2.29 bits per heavy atom. The quantitative estimate of drug-likeness (QED) is 0.751. The van der Waals surface area contributed by atoms with Crippen LogP contribution in [0.4, 0.5) is 23.8 Å². The van der Waals surface area contributed by atoms with Gasteiger partial charge in [-0.1, -0.05) is 30.3 Å². The second-order valence-electron chi connectivity index (χ2n) is 7.80. The number of rotatable bonds is 4. The molecule has 31 heavy (non-hydrogen) atoms. The average molecular weight is 433 g/mol. The van der Waals surface area contributed by atoms with Gasteiger partial charge >= 0.3 is 12.2 Å². The van der Waals surface area contributed by atoms with E-state index in [1.807, 2.05) is 28.0 Å². The number of nitrogens with one attached hydrogen (secondary N) is 1. The molecular weight excluding hydrogens is 411 g/mol. The van der Waals surface area contributed by atoms with Crippen molar-refractivity contribution < 1.29 is 22.8 Å². The largest absolute Gasteiger partial charge is 0.417 e. The second kappa shape index (κ2) is 7.84. The molecule has 1 aromatic heterocycles. The summed E-state index contributed by atoms with van der Waals surface area (Å²) in [5.74, 6) is 0.162. The Balaban J connectivity index is 1.37. The summed E-state index contributed by atoms with van der Waals surface area (Å²) in [4.78, 5) is 34.5. The fourth-order valence-corrected chi connectivity index (χ4v) is 3.85. The summed E-state index contributed by atoms with van der Waals surface area (Å²) < 4.78 is 38.1. The number of amides is 3. The van der Waals surface area contributed by atoms with Gasteiger partial charge in [-0.05, 0) is 24.6 Å². The molecule has 2 saturated heterocycles. The lowest BCUT2D eigenvalue weighted by atomic mass is 9.92. The second-order valence-corrected chi connectivity index (χ2v) is 7.80. The van der Waals surface area contributed by atoms with E-state index < -0.39 is 23.3 Å². The molecule has 0 bridgehead atoms. The van der Waals surface area contributed by atoms with Gasteiger partial charge in [0, 0.05) is 32.4 Å². The van der Waals surface area contributed by atoms with Crippen LogP contribution >= 0.6 is 0 Å². The number of hydrogen-bond donors (Lipinski definition) is 1. The summed E-state index contributed by atoms with van der Waals surface area (Å²) in [5, 5.41) is 2.79. The molecule has 0 saturated carbocycles. The minimum absolute atomic E-state index is 0.154. The van der Waals surface area contributed by atoms with Crippen LogP contribution in [0.5, 0.6) is 0 Å². The van der Waals surface area contributed by atoms with Crippen LogP contribution in [-0.4, -0.2) is 59.6 Å². The van der Waals surface area contributed by atoms with E-state index in [-0.39, 0.29) is 12.6 Å². The van der Waals surface area contributed by atoms with Crippen molar-refractivity contribution in [3.8, 4) is 0 Å². The molecule has 164 valence electrons. The minimum atomic E-state index is -4.42. The van der Waals surface area contributed by atoms with Crippen molar-refractivity contribution in [1.29, 1.82) is 0 Å². The number of pyridine rings is 1. The molecule has 3 heterocycles. The third-order valence-electron chi connectivity index (χ3n) is 5.74. The van der Waals surface area contributed by atoms with Crippen LogP contribution in [-0.2, 0) is 16.5 Å². The molecule has 10 heteroatoms. The van der Waals surface area contributed by atoms with Crippen molar-refractivity contribution in [2.45, 2.75) is 18.6 Å². The predicted octanol–water partition coefficient (Wildman–Crippen LogP) is 2.65. The summed E-state index contributed by atoms with van der Waals surface area (Å²) in [6.07, 6.45) is -3.58. The monoisotopic (exact) mass is 433 g/mol. The van der Waals surface area contributed by atoms with Gasteiger partial charge in [0.1, 0.15) is 11.4 Å². The van der Waals surface area contributed by atoms with Gasteiger partial charge in [0.25, 0.3) is 5.91 Å². The number of alkyl halides is 3. The van der Waals surface area contributed by atoms with Gasteiger partial charge in [-0.2, -0.15) is 13.2 Å². The number of carbonyl (C=O) groups is 2. The van der Waals surface area contributed by atoms with Crippen LogP contribution in [0.1, 0.15) is 18.1 Å². The first-order chi connectivity index (χ1) is 14.7. The number of urea groups is 1. The number of imide groups is 1. The van der Waals surface area contributed by atoms with E-state index >= 15 is 0 Å². The molecular formula is C21H22F3N5O2. The Hall–Kier alpha value is -3.14. The number of halogens is 3. The maximum absolute atomic E-state index is 13.0. The topological polar surface area (TPSA) is 68.8 Å². The van der Waals surface area contributed by atoms with Crippen LogP contribution in [0, 0.1) is 0 Å². The number of nitrogens with zero attached hydrogens (tertiary/aromatic N) is 4. The van der Waals surface area contributed by atoms with Crippen molar-refractivity contribution in [3.05, 3.63) is 59.8 Å². The Kier molecular flexibility index (Phi) is 5.34. The summed E-state index contributed by atoms with van der Waals surface area (Å²) >= 11 is 0.